The van der Waals surface area contributed by atoms with Gasteiger partial charge in [-0.15, -0.1) is 0 Å². The fraction of sp³-hybridized carbons (Fsp3) is 0.492. The Morgan fingerprint density at radius 2 is 0.766 bits per heavy atom. The summed E-state index contributed by atoms with van der Waals surface area (Å²) in [5.41, 5.74) is 14.5. The van der Waals surface area contributed by atoms with Gasteiger partial charge in [0.15, 0.2) is 23.0 Å². The molecule has 4 aromatic carbocycles. The van der Waals surface area contributed by atoms with Gasteiger partial charge in [0.05, 0.1) is 65.9 Å². The van der Waals surface area contributed by atoms with E-state index >= 15 is 0 Å². The Morgan fingerprint density at radius 1 is 0.429 bits per heavy atom. The van der Waals surface area contributed by atoms with Crippen LogP contribution in [0.25, 0.3) is 12.2 Å². The van der Waals surface area contributed by atoms with E-state index in [0.717, 1.165) is 101 Å². The minimum atomic E-state index is -2.10. The van der Waals surface area contributed by atoms with E-state index in [4.69, 9.17) is 49.4 Å². The number of benzene rings is 4. The van der Waals surface area contributed by atoms with Gasteiger partial charge in [-0.05, 0) is 97.2 Å². The summed E-state index contributed by atoms with van der Waals surface area (Å²) in [6.07, 6.45) is 22.0. The largest absolute Gasteiger partial charge is 0.493 e. The molecule has 14 nitrogen and oxygen atoms in total. The van der Waals surface area contributed by atoms with Crippen molar-refractivity contribution in [2.45, 2.75) is 142 Å². The molecule has 0 aliphatic rings. The standard InChI is InChI=1S/C63H86N2O12/c1-5-7-23-41-72-53-37-33-49(47-55(53)70-3)35-39-57(66)74-43-25-13-9-11-15-27-45-76-61(68)63(59(64)51-29-19-17-20-30-51,60(65)52-31-21-18-22-32-52)62(69)77-46-28-16-12-10-14-26-44-75-58(67)40-36-50-34-38-54(56(48-50)71-4)73-42-24-8-6-2/h17-22,29-40,47-48,59-60H,5-16,23-28,41-46,64-65H2,1-4H3/b39-35+,40-36+. The first kappa shape index (κ1) is 62.9. The van der Waals surface area contributed by atoms with Crippen LogP contribution >= 0.6 is 0 Å². The minimum absolute atomic E-state index is 0.0664. The van der Waals surface area contributed by atoms with Crippen LogP contribution in [0, 0.1) is 5.41 Å². The van der Waals surface area contributed by atoms with Gasteiger partial charge in [-0.3, -0.25) is 9.59 Å². The maximum Gasteiger partial charge on any atom is 0.330 e. The Bertz CT molecular complexity index is 2210. The van der Waals surface area contributed by atoms with E-state index < -0.39 is 41.4 Å². The van der Waals surface area contributed by atoms with Crippen LogP contribution in [0.5, 0.6) is 23.0 Å². The maximum absolute atomic E-state index is 14.5. The molecule has 2 atom stereocenters. The highest BCUT2D eigenvalue weighted by Gasteiger charge is 2.59. The fourth-order valence-electron chi connectivity index (χ4n) is 8.68. The van der Waals surface area contributed by atoms with E-state index in [2.05, 4.69) is 13.8 Å². The number of nitrogens with two attached hydrogens (primary N) is 2. The SMILES string of the molecule is CCCCCOc1ccc(/C=C/C(=O)OCCCCCCCCOC(=O)C(C(=O)OCCCCCCCCOC(=O)/C=C/c2ccc(OCCCCC)c(OC)c2)(C(N)c2ccccc2)C(N)c2ccccc2)cc1OC. The topological polar surface area (TPSA) is 194 Å². The van der Waals surface area contributed by atoms with Crippen molar-refractivity contribution in [3.63, 3.8) is 0 Å². The van der Waals surface area contributed by atoms with E-state index in [1.165, 1.54) is 12.2 Å². The van der Waals surface area contributed by atoms with Crippen LogP contribution in [0.1, 0.15) is 164 Å². The lowest BCUT2D eigenvalue weighted by molar-refractivity contribution is -0.177. The van der Waals surface area contributed by atoms with Crippen LogP contribution in [0.2, 0.25) is 0 Å². The molecule has 4 aromatic rings. The number of carbonyl (C=O) groups excluding carboxylic acids is 4. The van der Waals surface area contributed by atoms with Gasteiger partial charge < -0.3 is 49.4 Å². The summed E-state index contributed by atoms with van der Waals surface area (Å²) in [5.74, 6) is 0.0735. The minimum Gasteiger partial charge on any atom is -0.493 e. The summed E-state index contributed by atoms with van der Waals surface area (Å²) >= 11 is 0. The number of ether oxygens (including phenoxy) is 8. The second-order valence-corrected chi connectivity index (χ2v) is 19.1. The van der Waals surface area contributed by atoms with E-state index in [1.54, 1.807) is 74.9 Å². The molecule has 0 saturated heterocycles. The summed E-state index contributed by atoms with van der Waals surface area (Å²) in [5, 5.41) is 0. The van der Waals surface area contributed by atoms with Crippen LogP contribution in [-0.4, -0.2) is 77.7 Å². The monoisotopic (exact) mass is 1060 g/mol. The van der Waals surface area contributed by atoms with E-state index in [0.29, 0.717) is 86.2 Å². The molecular weight excluding hydrogens is 977 g/mol. The molecule has 0 spiro atoms. The van der Waals surface area contributed by atoms with Crippen LogP contribution in [0.3, 0.4) is 0 Å². The number of hydrogen-bond donors (Lipinski definition) is 2. The van der Waals surface area contributed by atoms with Gasteiger partial charge in [0.25, 0.3) is 0 Å². The normalized spacial score (nSPS) is 12.2. The van der Waals surface area contributed by atoms with Crippen molar-refractivity contribution < 1.29 is 57.1 Å². The first-order chi connectivity index (χ1) is 37.6. The van der Waals surface area contributed by atoms with Crippen molar-refractivity contribution in [3.05, 3.63) is 131 Å². The second-order valence-electron chi connectivity index (χ2n) is 19.1. The van der Waals surface area contributed by atoms with Crippen molar-refractivity contribution >= 4 is 36.0 Å². The Morgan fingerprint density at radius 3 is 1.12 bits per heavy atom. The van der Waals surface area contributed by atoms with Crippen molar-refractivity contribution in [2.24, 2.45) is 16.9 Å². The van der Waals surface area contributed by atoms with Crippen molar-refractivity contribution in [2.75, 3.05) is 53.9 Å². The quantitative estimate of drug-likeness (QED) is 0.0140. The molecule has 2 unspecified atom stereocenters. The van der Waals surface area contributed by atoms with Gasteiger partial charge >= 0.3 is 23.9 Å². The van der Waals surface area contributed by atoms with Crippen LogP contribution in [0.15, 0.2) is 109 Å². The summed E-state index contributed by atoms with van der Waals surface area (Å²) in [4.78, 5) is 53.9. The summed E-state index contributed by atoms with van der Waals surface area (Å²) in [6, 6.07) is 26.6. The molecule has 0 radical (unpaired) electrons. The molecule has 0 saturated carbocycles. The van der Waals surface area contributed by atoms with Gasteiger partial charge in [-0.2, -0.15) is 0 Å². The van der Waals surface area contributed by atoms with E-state index in [-0.39, 0.29) is 13.2 Å². The molecule has 4 rings (SSSR count). The summed E-state index contributed by atoms with van der Waals surface area (Å²) < 4.78 is 45.4. The zero-order chi connectivity index (χ0) is 55.4. The summed E-state index contributed by atoms with van der Waals surface area (Å²) in [7, 11) is 3.18. The number of rotatable bonds is 40. The average molecular weight is 1060 g/mol. The average Bonchev–Trinajstić information content (AvgIpc) is 3.46. The number of unbranched alkanes of at least 4 members (excludes halogenated alkanes) is 14. The second kappa shape index (κ2) is 37.2. The van der Waals surface area contributed by atoms with Crippen LogP contribution in [-0.2, 0) is 38.1 Å². The molecular formula is C63H86N2O12. The van der Waals surface area contributed by atoms with Gasteiger partial charge in [0.2, 0.25) is 5.41 Å². The van der Waals surface area contributed by atoms with Crippen molar-refractivity contribution in [1.29, 1.82) is 0 Å². The van der Waals surface area contributed by atoms with Crippen molar-refractivity contribution in [3.8, 4) is 23.0 Å². The number of esters is 4. The Hall–Kier alpha value is -6.64. The van der Waals surface area contributed by atoms with E-state index in [1.807, 2.05) is 48.5 Å². The molecule has 0 heterocycles. The Kier molecular flexibility index (Phi) is 30.4. The predicted octanol–water partition coefficient (Wildman–Crippen LogP) is 12.8. The molecule has 0 fully saturated rings. The van der Waals surface area contributed by atoms with Gasteiger partial charge in [-0.25, -0.2) is 9.59 Å². The van der Waals surface area contributed by atoms with Gasteiger partial charge in [0, 0.05) is 12.2 Å². The number of methoxy groups -OCH3 is 2. The lowest BCUT2D eigenvalue weighted by atomic mass is 9.69. The smallest absolute Gasteiger partial charge is 0.330 e. The first-order valence-electron chi connectivity index (χ1n) is 27.9. The predicted molar refractivity (Wildman–Crippen MR) is 303 cm³/mol. The number of carbonyl (C=O) groups is 4. The zero-order valence-electron chi connectivity index (χ0n) is 46.2. The number of hydrogen-bond acceptors (Lipinski definition) is 14. The molecule has 0 aromatic heterocycles. The molecule has 0 bridgehead atoms. The zero-order valence-corrected chi connectivity index (χ0v) is 46.2. The summed E-state index contributed by atoms with van der Waals surface area (Å²) in [6.45, 7) is 6.29. The van der Waals surface area contributed by atoms with Crippen molar-refractivity contribution in [1.82, 2.24) is 0 Å². The molecule has 0 amide bonds. The lowest BCUT2D eigenvalue weighted by Gasteiger charge is -2.39. The maximum atomic E-state index is 14.5. The van der Waals surface area contributed by atoms with Gasteiger partial charge in [-0.1, -0.05) is 164 Å². The molecule has 14 heteroatoms. The third-order valence-electron chi connectivity index (χ3n) is 13.2. The van der Waals surface area contributed by atoms with Gasteiger partial charge in [0.1, 0.15) is 0 Å². The third-order valence-corrected chi connectivity index (χ3v) is 13.2. The molecule has 420 valence electrons. The highest BCUT2D eigenvalue weighted by Crippen LogP contribution is 2.45. The molecule has 0 aliphatic heterocycles. The molecule has 4 N–H and O–H groups in total. The van der Waals surface area contributed by atoms with E-state index in [9.17, 15) is 19.2 Å². The van der Waals surface area contributed by atoms with Crippen LogP contribution < -0.4 is 30.4 Å². The molecule has 0 aliphatic carbocycles. The Balaban J connectivity index is 1.19. The lowest BCUT2D eigenvalue weighted by Crippen LogP contribution is -2.56. The first-order valence-corrected chi connectivity index (χ1v) is 27.9. The highest BCUT2D eigenvalue weighted by atomic mass is 16.6. The third kappa shape index (κ3) is 22.1. The Labute approximate surface area is 458 Å². The highest BCUT2D eigenvalue weighted by molar-refractivity contribution is 6.02. The molecule has 77 heavy (non-hydrogen) atoms. The fourth-order valence-corrected chi connectivity index (χ4v) is 8.68. The van der Waals surface area contributed by atoms with Crippen LogP contribution in [0.4, 0.5) is 0 Å².